The Bertz CT molecular complexity index is 307. The Morgan fingerprint density at radius 3 is 2.44 bits per heavy atom. The van der Waals surface area contributed by atoms with Crippen LogP contribution in [0.3, 0.4) is 0 Å². The van der Waals surface area contributed by atoms with Gasteiger partial charge in [-0.25, -0.2) is 9.97 Å². The number of rotatable bonds is 6. The summed E-state index contributed by atoms with van der Waals surface area (Å²) in [6.45, 7) is 4.47. The fourth-order valence-electron chi connectivity index (χ4n) is 1.74. The molecule has 4 heteroatoms. The third-order valence-corrected chi connectivity index (χ3v) is 3.82. The smallest absolute Gasteiger partial charge is 0.188 e. The van der Waals surface area contributed by atoms with Crippen LogP contribution in [0.5, 0.6) is 0 Å². The second-order valence-corrected chi connectivity index (χ2v) is 5.32. The van der Waals surface area contributed by atoms with E-state index in [0.29, 0.717) is 5.92 Å². The summed E-state index contributed by atoms with van der Waals surface area (Å²) in [4.78, 5) is 9.09. The molecule has 1 aromatic heterocycles. The Labute approximate surface area is 107 Å². The highest BCUT2D eigenvalue weighted by atomic mass is 32.2. The molecule has 0 saturated carbocycles. The predicted octanol–water partition coefficient (Wildman–Crippen LogP) is 4.21. The van der Waals surface area contributed by atoms with Crippen LogP contribution in [0.25, 0.3) is 0 Å². The van der Waals surface area contributed by atoms with Gasteiger partial charge in [0.1, 0.15) is 5.03 Å². The molecule has 0 aromatic carbocycles. The van der Waals surface area contributed by atoms with Gasteiger partial charge in [0.15, 0.2) is 5.16 Å². The summed E-state index contributed by atoms with van der Waals surface area (Å²) in [5, 5.41) is 1.99. The van der Waals surface area contributed by atoms with E-state index in [0.717, 1.165) is 16.6 Å². The van der Waals surface area contributed by atoms with Gasteiger partial charge in [-0.05, 0) is 31.4 Å². The molecule has 1 atom stereocenters. The lowest BCUT2D eigenvalue weighted by atomic mass is 9.97. The monoisotopic (exact) mass is 256 g/mol. The van der Waals surface area contributed by atoms with Crippen molar-refractivity contribution in [2.24, 2.45) is 0 Å². The van der Waals surface area contributed by atoms with E-state index in [2.05, 4.69) is 36.1 Å². The first-order chi connectivity index (χ1) is 7.74. The Morgan fingerprint density at radius 2 is 1.94 bits per heavy atom. The Kier molecular flexibility index (Phi) is 6.21. The lowest BCUT2D eigenvalue weighted by Gasteiger charge is -2.14. The standard InChI is InChI=1S/C12H20N2S2/c1-5-7-9(6-2)10-8-11(15-3)14-12(13-10)16-4/h8-9H,5-7H2,1-4H3. The highest BCUT2D eigenvalue weighted by Gasteiger charge is 2.12. The topological polar surface area (TPSA) is 25.8 Å². The molecule has 0 aliphatic rings. The van der Waals surface area contributed by atoms with Gasteiger partial charge in [0.2, 0.25) is 0 Å². The quantitative estimate of drug-likeness (QED) is 0.432. The molecule has 90 valence electrons. The molecule has 2 nitrogen and oxygen atoms in total. The average molecular weight is 256 g/mol. The van der Waals surface area contributed by atoms with Gasteiger partial charge in [-0.15, -0.1) is 11.8 Å². The van der Waals surface area contributed by atoms with E-state index in [1.54, 1.807) is 23.5 Å². The van der Waals surface area contributed by atoms with Crippen LogP contribution in [-0.2, 0) is 0 Å². The van der Waals surface area contributed by atoms with Crippen LogP contribution in [-0.4, -0.2) is 22.5 Å². The summed E-state index contributed by atoms with van der Waals surface area (Å²) in [5.41, 5.74) is 1.22. The van der Waals surface area contributed by atoms with Crippen molar-refractivity contribution in [3.63, 3.8) is 0 Å². The van der Waals surface area contributed by atoms with E-state index in [1.807, 2.05) is 6.26 Å². The molecule has 0 N–H and O–H groups in total. The van der Waals surface area contributed by atoms with E-state index in [-0.39, 0.29) is 0 Å². The first-order valence-corrected chi connectivity index (χ1v) is 8.17. The molecule has 1 heterocycles. The first-order valence-electron chi connectivity index (χ1n) is 5.72. The minimum atomic E-state index is 0.588. The van der Waals surface area contributed by atoms with Crippen LogP contribution >= 0.6 is 23.5 Å². The second kappa shape index (κ2) is 7.17. The van der Waals surface area contributed by atoms with Crippen molar-refractivity contribution < 1.29 is 0 Å². The SMILES string of the molecule is CCCC(CC)c1cc(SC)nc(SC)n1. The molecular weight excluding hydrogens is 236 g/mol. The summed E-state index contributed by atoms with van der Waals surface area (Å²) in [5.74, 6) is 0.588. The summed E-state index contributed by atoms with van der Waals surface area (Å²) in [6, 6.07) is 2.15. The Hall–Kier alpha value is -0.220. The van der Waals surface area contributed by atoms with Gasteiger partial charge < -0.3 is 0 Å². The predicted molar refractivity (Wildman–Crippen MR) is 73.5 cm³/mol. The zero-order valence-corrected chi connectivity index (χ0v) is 12.1. The maximum absolute atomic E-state index is 4.63. The number of nitrogens with zero attached hydrogens (tertiary/aromatic N) is 2. The fourth-order valence-corrected chi connectivity index (χ4v) is 2.60. The summed E-state index contributed by atoms with van der Waals surface area (Å²) in [7, 11) is 0. The first kappa shape index (κ1) is 13.8. The highest BCUT2D eigenvalue weighted by molar-refractivity contribution is 7.99. The number of hydrogen-bond donors (Lipinski definition) is 0. The van der Waals surface area contributed by atoms with E-state index in [1.165, 1.54) is 18.5 Å². The zero-order valence-electron chi connectivity index (χ0n) is 10.5. The summed E-state index contributed by atoms with van der Waals surface area (Å²) >= 11 is 3.32. The molecule has 16 heavy (non-hydrogen) atoms. The molecule has 0 saturated heterocycles. The van der Waals surface area contributed by atoms with E-state index in [4.69, 9.17) is 0 Å². The molecular formula is C12H20N2S2. The van der Waals surface area contributed by atoms with Crippen molar-refractivity contribution in [2.75, 3.05) is 12.5 Å². The third-order valence-electron chi connectivity index (χ3n) is 2.64. The van der Waals surface area contributed by atoms with Crippen LogP contribution < -0.4 is 0 Å². The lowest BCUT2D eigenvalue weighted by Crippen LogP contribution is -2.03. The lowest BCUT2D eigenvalue weighted by molar-refractivity contribution is 0.569. The zero-order chi connectivity index (χ0) is 12.0. The fraction of sp³-hybridized carbons (Fsp3) is 0.667. The molecule has 0 amide bonds. The largest absolute Gasteiger partial charge is 0.227 e. The molecule has 0 fully saturated rings. The molecule has 0 aliphatic carbocycles. The van der Waals surface area contributed by atoms with Crippen LogP contribution in [0.1, 0.15) is 44.7 Å². The normalized spacial score (nSPS) is 12.8. The Balaban J connectivity index is 3.00. The molecule has 1 aromatic rings. The van der Waals surface area contributed by atoms with Crippen LogP contribution in [0.15, 0.2) is 16.2 Å². The van der Waals surface area contributed by atoms with Crippen LogP contribution in [0, 0.1) is 0 Å². The molecule has 0 bridgehead atoms. The van der Waals surface area contributed by atoms with Gasteiger partial charge in [0.05, 0.1) is 0 Å². The van der Waals surface area contributed by atoms with Gasteiger partial charge in [0.25, 0.3) is 0 Å². The third kappa shape index (κ3) is 3.67. The van der Waals surface area contributed by atoms with Crippen LogP contribution in [0.4, 0.5) is 0 Å². The van der Waals surface area contributed by atoms with Crippen molar-refractivity contribution in [3.8, 4) is 0 Å². The van der Waals surface area contributed by atoms with Crippen molar-refractivity contribution >= 4 is 23.5 Å². The second-order valence-electron chi connectivity index (χ2n) is 3.72. The van der Waals surface area contributed by atoms with Gasteiger partial charge >= 0.3 is 0 Å². The van der Waals surface area contributed by atoms with Crippen molar-refractivity contribution in [1.29, 1.82) is 0 Å². The van der Waals surface area contributed by atoms with Crippen molar-refractivity contribution in [2.45, 2.75) is 49.2 Å². The van der Waals surface area contributed by atoms with Gasteiger partial charge in [0, 0.05) is 11.6 Å². The van der Waals surface area contributed by atoms with E-state index < -0.39 is 0 Å². The molecule has 1 unspecified atom stereocenters. The van der Waals surface area contributed by atoms with Crippen LogP contribution in [0.2, 0.25) is 0 Å². The van der Waals surface area contributed by atoms with Crippen molar-refractivity contribution in [1.82, 2.24) is 9.97 Å². The van der Waals surface area contributed by atoms with Gasteiger partial charge in [-0.3, -0.25) is 0 Å². The maximum atomic E-state index is 4.63. The highest BCUT2D eigenvalue weighted by Crippen LogP contribution is 2.27. The van der Waals surface area contributed by atoms with Crippen molar-refractivity contribution in [3.05, 3.63) is 11.8 Å². The number of hydrogen-bond acceptors (Lipinski definition) is 4. The molecule has 0 spiro atoms. The molecule has 1 rings (SSSR count). The van der Waals surface area contributed by atoms with Gasteiger partial charge in [-0.2, -0.15) is 0 Å². The molecule has 0 aliphatic heterocycles. The Morgan fingerprint density at radius 1 is 1.19 bits per heavy atom. The number of thioether (sulfide) groups is 2. The summed E-state index contributed by atoms with van der Waals surface area (Å²) < 4.78 is 0. The molecule has 0 radical (unpaired) electrons. The average Bonchev–Trinajstić information content (AvgIpc) is 2.35. The van der Waals surface area contributed by atoms with E-state index >= 15 is 0 Å². The van der Waals surface area contributed by atoms with E-state index in [9.17, 15) is 0 Å². The minimum Gasteiger partial charge on any atom is -0.227 e. The maximum Gasteiger partial charge on any atom is 0.188 e. The van der Waals surface area contributed by atoms with Gasteiger partial charge in [-0.1, -0.05) is 32.0 Å². The minimum absolute atomic E-state index is 0.588. The summed E-state index contributed by atoms with van der Waals surface area (Å²) in [6.07, 6.45) is 7.69. The number of aromatic nitrogens is 2.